The Kier molecular flexibility index (Phi) is 5.62. The second kappa shape index (κ2) is 9.83. The summed E-state index contributed by atoms with van der Waals surface area (Å²) >= 11 is 3.88. The number of aromatic nitrogens is 4. The standard InChI is InChI=1S/C39H23BrN4/c40-31-22-23-33-36-34(31)29-15-8-7-14-28(29)30-16-9-17-32(35(30)36)44(33)39-42-37(26-12-5-2-6-13-26)41-38(43-39)27-20-18-25(19-21-27)24-10-3-1-4-11-24/h1-23H. The van der Waals surface area contributed by atoms with Gasteiger partial charge in [0, 0.05) is 31.8 Å². The summed E-state index contributed by atoms with van der Waals surface area (Å²) in [6.45, 7) is 0. The van der Waals surface area contributed by atoms with Crippen LogP contribution in [0.15, 0.2) is 144 Å². The van der Waals surface area contributed by atoms with Crippen molar-refractivity contribution in [2.75, 3.05) is 0 Å². The lowest BCUT2D eigenvalue weighted by Gasteiger charge is -2.11. The van der Waals surface area contributed by atoms with Crippen molar-refractivity contribution in [1.29, 1.82) is 0 Å². The van der Waals surface area contributed by atoms with Crippen LogP contribution in [0.1, 0.15) is 0 Å². The van der Waals surface area contributed by atoms with Gasteiger partial charge in [-0.05, 0) is 45.5 Å². The number of rotatable bonds is 4. The Hall–Kier alpha value is -5.39. The first kappa shape index (κ1) is 25.1. The Morgan fingerprint density at radius 1 is 0.386 bits per heavy atom. The molecule has 0 saturated carbocycles. The topological polar surface area (TPSA) is 43.6 Å². The highest BCUT2D eigenvalue weighted by Gasteiger charge is 2.23. The molecule has 2 heterocycles. The third kappa shape index (κ3) is 3.79. The fourth-order valence-corrected chi connectivity index (χ4v) is 7.06. The number of fused-ring (bicyclic) bond motifs is 3. The van der Waals surface area contributed by atoms with Gasteiger partial charge in [0.05, 0.1) is 11.0 Å². The Bertz CT molecular complexity index is 2480. The van der Waals surface area contributed by atoms with E-state index in [0.29, 0.717) is 17.6 Å². The van der Waals surface area contributed by atoms with Gasteiger partial charge in [-0.3, -0.25) is 4.57 Å². The summed E-state index contributed by atoms with van der Waals surface area (Å²) in [5.41, 5.74) is 6.34. The molecule has 0 unspecified atom stereocenters. The zero-order valence-electron chi connectivity index (χ0n) is 23.4. The van der Waals surface area contributed by atoms with Crippen molar-refractivity contribution in [2.24, 2.45) is 0 Å². The fraction of sp³-hybridized carbons (Fsp3) is 0. The van der Waals surface area contributed by atoms with Crippen LogP contribution in [0.5, 0.6) is 0 Å². The van der Waals surface area contributed by atoms with E-state index < -0.39 is 0 Å². The third-order valence-electron chi connectivity index (χ3n) is 8.50. The van der Waals surface area contributed by atoms with Crippen LogP contribution in [-0.4, -0.2) is 19.5 Å². The molecule has 0 saturated heterocycles. The fourth-order valence-electron chi connectivity index (χ4n) is 6.52. The van der Waals surface area contributed by atoms with Gasteiger partial charge in [0.1, 0.15) is 0 Å². The SMILES string of the molecule is Brc1ccc2c3c1c1ccccc1c1cccc(c13)n2-c1nc(-c2ccccc2)nc(-c2ccc(-c3ccccc3)cc2)n1. The largest absolute Gasteiger partial charge is 0.278 e. The molecule has 0 fully saturated rings. The molecule has 9 aromatic rings. The maximum Gasteiger partial charge on any atom is 0.238 e. The van der Waals surface area contributed by atoms with Crippen molar-refractivity contribution in [3.8, 4) is 39.9 Å². The molecule has 0 amide bonds. The van der Waals surface area contributed by atoms with Crippen LogP contribution in [0.2, 0.25) is 0 Å². The van der Waals surface area contributed by atoms with Gasteiger partial charge in [0.15, 0.2) is 11.6 Å². The van der Waals surface area contributed by atoms with Gasteiger partial charge >= 0.3 is 0 Å². The molecule has 0 bridgehead atoms. The van der Waals surface area contributed by atoms with Crippen LogP contribution < -0.4 is 0 Å². The van der Waals surface area contributed by atoms with Crippen molar-refractivity contribution in [3.05, 3.63) is 144 Å². The monoisotopic (exact) mass is 626 g/mol. The minimum absolute atomic E-state index is 0.595. The van der Waals surface area contributed by atoms with Crippen LogP contribution >= 0.6 is 15.9 Å². The van der Waals surface area contributed by atoms with Crippen LogP contribution in [0.3, 0.4) is 0 Å². The number of nitrogens with zero attached hydrogens (tertiary/aromatic N) is 4. The lowest BCUT2D eigenvalue weighted by molar-refractivity contribution is 0.954. The van der Waals surface area contributed by atoms with Gasteiger partial charge in [0.2, 0.25) is 5.95 Å². The Labute approximate surface area is 261 Å². The quantitative estimate of drug-likeness (QED) is 0.182. The van der Waals surface area contributed by atoms with E-state index in [1.807, 2.05) is 36.4 Å². The summed E-state index contributed by atoms with van der Waals surface area (Å²) < 4.78 is 3.28. The summed E-state index contributed by atoms with van der Waals surface area (Å²) in [5.74, 6) is 1.87. The lowest BCUT2D eigenvalue weighted by atomic mass is 9.94. The minimum atomic E-state index is 0.595. The molecule has 0 atom stereocenters. The number of hydrogen-bond acceptors (Lipinski definition) is 3. The molecule has 0 radical (unpaired) electrons. The maximum absolute atomic E-state index is 5.15. The Morgan fingerprint density at radius 2 is 0.909 bits per heavy atom. The van der Waals surface area contributed by atoms with E-state index in [9.17, 15) is 0 Å². The minimum Gasteiger partial charge on any atom is -0.278 e. The molecule has 2 aromatic heterocycles. The van der Waals surface area contributed by atoms with Gasteiger partial charge in [-0.2, -0.15) is 9.97 Å². The van der Waals surface area contributed by atoms with E-state index in [1.165, 1.54) is 37.9 Å². The first-order valence-electron chi connectivity index (χ1n) is 14.6. The summed E-state index contributed by atoms with van der Waals surface area (Å²) in [7, 11) is 0. The van der Waals surface area contributed by atoms with Gasteiger partial charge in [-0.15, -0.1) is 0 Å². The highest BCUT2D eigenvalue weighted by atomic mass is 79.9. The zero-order chi connectivity index (χ0) is 29.2. The van der Waals surface area contributed by atoms with Gasteiger partial charge in [0.25, 0.3) is 0 Å². The van der Waals surface area contributed by atoms with E-state index >= 15 is 0 Å². The van der Waals surface area contributed by atoms with Crippen LogP contribution in [0.4, 0.5) is 0 Å². The van der Waals surface area contributed by atoms with E-state index in [2.05, 4.69) is 124 Å². The lowest BCUT2D eigenvalue weighted by Crippen LogP contribution is -2.06. The van der Waals surface area contributed by atoms with Crippen molar-refractivity contribution in [3.63, 3.8) is 0 Å². The third-order valence-corrected chi connectivity index (χ3v) is 9.16. The number of hydrogen-bond donors (Lipinski definition) is 0. The molecule has 5 heteroatoms. The predicted octanol–water partition coefficient (Wildman–Crippen LogP) is 10.5. The van der Waals surface area contributed by atoms with Gasteiger partial charge in [-0.1, -0.05) is 137 Å². The van der Waals surface area contributed by atoms with Crippen molar-refractivity contribution >= 4 is 59.3 Å². The molecule has 9 rings (SSSR count). The number of benzene rings is 7. The van der Waals surface area contributed by atoms with E-state index in [1.54, 1.807) is 0 Å². The summed E-state index contributed by atoms with van der Waals surface area (Å²) in [6.07, 6.45) is 0. The first-order valence-corrected chi connectivity index (χ1v) is 15.4. The summed E-state index contributed by atoms with van der Waals surface area (Å²) in [6, 6.07) is 48.5. The van der Waals surface area contributed by atoms with E-state index in [0.717, 1.165) is 32.2 Å². The van der Waals surface area contributed by atoms with E-state index in [-0.39, 0.29) is 0 Å². The Morgan fingerprint density at radius 3 is 1.64 bits per heavy atom. The average molecular weight is 628 g/mol. The maximum atomic E-state index is 5.15. The molecule has 7 aromatic carbocycles. The first-order chi connectivity index (χ1) is 21.7. The van der Waals surface area contributed by atoms with Gasteiger partial charge < -0.3 is 0 Å². The molecule has 0 aliphatic carbocycles. The van der Waals surface area contributed by atoms with Crippen LogP contribution in [0.25, 0.3) is 83.2 Å². The zero-order valence-corrected chi connectivity index (χ0v) is 25.0. The molecule has 0 aliphatic heterocycles. The van der Waals surface area contributed by atoms with Crippen molar-refractivity contribution < 1.29 is 0 Å². The van der Waals surface area contributed by atoms with Crippen LogP contribution in [0, 0.1) is 0 Å². The summed E-state index contributed by atoms with van der Waals surface area (Å²) in [4.78, 5) is 15.3. The average Bonchev–Trinajstić information content (AvgIpc) is 3.44. The normalized spacial score (nSPS) is 11.8. The van der Waals surface area contributed by atoms with Gasteiger partial charge in [-0.25, -0.2) is 4.98 Å². The predicted molar refractivity (Wildman–Crippen MR) is 184 cm³/mol. The molecular weight excluding hydrogens is 604 g/mol. The molecule has 4 nitrogen and oxygen atoms in total. The highest BCUT2D eigenvalue weighted by molar-refractivity contribution is 9.10. The van der Waals surface area contributed by atoms with Crippen molar-refractivity contribution in [1.82, 2.24) is 19.5 Å². The van der Waals surface area contributed by atoms with Crippen LogP contribution in [-0.2, 0) is 0 Å². The smallest absolute Gasteiger partial charge is 0.238 e. The summed E-state index contributed by atoms with van der Waals surface area (Å²) in [5, 5.41) is 7.31. The molecule has 0 spiro atoms. The molecule has 0 aliphatic rings. The Balaban J connectivity index is 1.34. The number of halogens is 1. The highest BCUT2D eigenvalue weighted by Crippen LogP contribution is 2.45. The van der Waals surface area contributed by atoms with E-state index in [4.69, 9.17) is 15.0 Å². The molecule has 0 N–H and O–H groups in total. The second-order valence-corrected chi connectivity index (χ2v) is 11.8. The second-order valence-electron chi connectivity index (χ2n) is 11.0. The molecular formula is C39H23BrN4. The van der Waals surface area contributed by atoms with Crippen molar-refractivity contribution in [2.45, 2.75) is 0 Å². The molecule has 206 valence electrons. The molecule has 44 heavy (non-hydrogen) atoms.